The molecule has 1 aromatic heterocycles. The van der Waals surface area contributed by atoms with Crippen molar-refractivity contribution in [2.45, 2.75) is 30.6 Å². The fourth-order valence-electron chi connectivity index (χ4n) is 1.69. The fourth-order valence-corrected chi connectivity index (χ4v) is 2.54. The van der Waals surface area contributed by atoms with E-state index in [1.807, 2.05) is 6.07 Å². The maximum atomic E-state index is 11.1. The van der Waals surface area contributed by atoms with E-state index in [1.165, 1.54) is 22.9 Å². The van der Waals surface area contributed by atoms with Gasteiger partial charge < -0.3 is 0 Å². The third-order valence-corrected chi connectivity index (χ3v) is 3.81. The molecule has 0 spiro atoms. The van der Waals surface area contributed by atoms with Crippen molar-refractivity contribution in [3.63, 3.8) is 0 Å². The van der Waals surface area contributed by atoms with Crippen molar-refractivity contribution in [2.75, 3.05) is 0 Å². The predicted molar refractivity (Wildman–Crippen MR) is 74.3 cm³/mol. The van der Waals surface area contributed by atoms with Crippen LogP contribution in [-0.2, 0) is 0 Å². The summed E-state index contributed by atoms with van der Waals surface area (Å²) in [5.74, 6) is -0.00179. The van der Waals surface area contributed by atoms with Crippen LogP contribution in [0.2, 0.25) is 0 Å². The Kier molecular flexibility index (Phi) is 3.82. The van der Waals surface area contributed by atoms with Gasteiger partial charge in [-0.3, -0.25) is 9.78 Å². The summed E-state index contributed by atoms with van der Waals surface area (Å²) in [6, 6.07) is 10.1. The van der Waals surface area contributed by atoms with Crippen molar-refractivity contribution in [1.29, 1.82) is 0 Å². The summed E-state index contributed by atoms with van der Waals surface area (Å²) in [5.41, 5.74) is 3.04. The van der Waals surface area contributed by atoms with Crippen LogP contribution in [0.5, 0.6) is 0 Å². The summed E-state index contributed by atoms with van der Waals surface area (Å²) in [4.78, 5) is 17.6. The molecule has 2 rings (SSSR count). The van der Waals surface area contributed by atoms with Crippen LogP contribution in [0.1, 0.15) is 28.5 Å². The van der Waals surface area contributed by atoms with Crippen LogP contribution in [0.4, 0.5) is 0 Å². The molecule has 2 nitrogen and oxygen atoms in total. The van der Waals surface area contributed by atoms with E-state index in [4.69, 9.17) is 0 Å². The lowest BCUT2D eigenvalue weighted by Gasteiger charge is -2.06. The van der Waals surface area contributed by atoms with Gasteiger partial charge in [0.25, 0.3) is 0 Å². The Morgan fingerprint density at radius 1 is 1.17 bits per heavy atom. The molecule has 0 saturated heterocycles. The molecule has 18 heavy (non-hydrogen) atoms. The number of carbonyl (C=O) groups is 1. The smallest absolute Gasteiger partial charge is 0.178 e. The number of aromatic nitrogens is 1. The first-order valence-electron chi connectivity index (χ1n) is 5.78. The lowest BCUT2D eigenvalue weighted by molar-refractivity contribution is 0.101. The molecule has 0 N–H and O–H groups in total. The van der Waals surface area contributed by atoms with Crippen LogP contribution in [0, 0.1) is 13.8 Å². The van der Waals surface area contributed by atoms with Crippen LogP contribution in [0.3, 0.4) is 0 Å². The van der Waals surface area contributed by atoms with E-state index in [-0.39, 0.29) is 5.78 Å². The second-order valence-electron chi connectivity index (χ2n) is 4.31. The van der Waals surface area contributed by atoms with Crippen LogP contribution in [0.15, 0.2) is 46.3 Å². The highest BCUT2D eigenvalue weighted by molar-refractivity contribution is 7.99. The molecule has 2 aromatic rings. The molecule has 92 valence electrons. The number of pyridine rings is 1. The van der Waals surface area contributed by atoms with E-state index in [0.717, 1.165) is 4.90 Å². The molecule has 0 aliphatic carbocycles. The number of benzene rings is 1. The first-order valence-corrected chi connectivity index (χ1v) is 6.60. The first-order chi connectivity index (χ1) is 8.56. The maximum absolute atomic E-state index is 11.1. The number of Topliss-reactive ketones (excluding diaryl/α,β-unsaturated/α-hetero) is 1. The Morgan fingerprint density at radius 3 is 2.50 bits per heavy atom. The number of nitrogens with zero attached hydrogens (tertiary/aromatic N) is 1. The number of rotatable bonds is 3. The SMILES string of the molecule is CC(=O)c1ccc(Sc2ccc(C)cc2C)cn1. The molecule has 0 unspecified atom stereocenters. The summed E-state index contributed by atoms with van der Waals surface area (Å²) in [5, 5.41) is 0. The summed E-state index contributed by atoms with van der Waals surface area (Å²) < 4.78 is 0. The van der Waals surface area contributed by atoms with E-state index >= 15 is 0 Å². The normalized spacial score (nSPS) is 10.4. The topological polar surface area (TPSA) is 30.0 Å². The van der Waals surface area contributed by atoms with E-state index in [2.05, 4.69) is 37.0 Å². The van der Waals surface area contributed by atoms with Gasteiger partial charge in [-0.25, -0.2) is 0 Å². The van der Waals surface area contributed by atoms with Gasteiger partial charge >= 0.3 is 0 Å². The van der Waals surface area contributed by atoms with Crippen LogP contribution in [0.25, 0.3) is 0 Å². The second kappa shape index (κ2) is 5.36. The molecule has 3 heteroatoms. The Morgan fingerprint density at radius 2 is 1.94 bits per heavy atom. The average Bonchev–Trinajstić information content (AvgIpc) is 2.33. The molecular formula is C15H15NOS. The van der Waals surface area contributed by atoms with Crippen molar-refractivity contribution in [3.05, 3.63) is 53.3 Å². The number of carbonyl (C=O) groups excluding carboxylic acids is 1. The lowest BCUT2D eigenvalue weighted by Crippen LogP contribution is -1.95. The number of aryl methyl sites for hydroxylation is 2. The van der Waals surface area contributed by atoms with E-state index in [9.17, 15) is 4.79 Å². The number of ketones is 1. The highest BCUT2D eigenvalue weighted by atomic mass is 32.2. The predicted octanol–water partition coefficient (Wildman–Crippen LogP) is 4.05. The minimum atomic E-state index is -0.00179. The number of hydrogen-bond donors (Lipinski definition) is 0. The molecule has 0 fully saturated rings. The fraction of sp³-hybridized carbons (Fsp3) is 0.200. The van der Waals surface area contributed by atoms with E-state index in [0.29, 0.717) is 5.69 Å². The average molecular weight is 257 g/mol. The third-order valence-electron chi connectivity index (χ3n) is 2.66. The van der Waals surface area contributed by atoms with Crippen LogP contribution in [-0.4, -0.2) is 10.8 Å². The zero-order valence-electron chi connectivity index (χ0n) is 10.7. The zero-order chi connectivity index (χ0) is 13.1. The van der Waals surface area contributed by atoms with Crippen LogP contribution >= 0.6 is 11.8 Å². The first kappa shape index (κ1) is 12.8. The molecule has 0 bridgehead atoms. The number of hydrogen-bond acceptors (Lipinski definition) is 3. The molecule has 0 aliphatic rings. The Bertz CT molecular complexity index is 576. The molecule has 0 amide bonds. The van der Waals surface area contributed by atoms with E-state index < -0.39 is 0 Å². The van der Waals surface area contributed by atoms with Gasteiger partial charge in [0, 0.05) is 22.9 Å². The van der Waals surface area contributed by atoms with Crippen molar-refractivity contribution in [3.8, 4) is 0 Å². The van der Waals surface area contributed by atoms with Crippen molar-refractivity contribution in [2.24, 2.45) is 0 Å². The Balaban J connectivity index is 2.21. The van der Waals surface area contributed by atoms with Gasteiger partial charge in [-0.05, 0) is 37.6 Å². The molecule has 1 aromatic carbocycles. The minimum Gasteiger partial charge on any atom is -0.293 e. The van der Waals surface area contributed by atoms with Crippen molar-refractivity contribution < 1.29 is 4.79 Å². The summed E-state index contributed by atoms with van der Waals surface area (Å²) in [6.07, 6.45) is 1.75. The van der Waals surface area contributed by atoms with Crippen molar-refractivity contribution >= 4 is 17.5 Å². The van der Waals surface area contributed by atoms with Gasteiger partial charge in [0.15, 0.2) is 5.78 Å². The van der Waals surface area contributed by atoms with Crippen molar-refractivity contribution in [1.82, 2.24) is 4.98 Å². The van der Waals surface area contributed by atoms with Gasteiger partial charge in [0.1, 0.15) is 5.69 Å². The lowest BCUT2D eigenvalue weighted by atomic mass is 10.2. The van der Waals surface area contributed by atoms with Gasteiger partial charge in [0.2, 0.25) is 0 Å². The van der Waals surface area contributed by atoms with Gasteiger partial charge in [-0.15, -0.1) is 0 Å². The minimum absolute atomic E-state index is 0.00179. The summed E-state index contributed by atoms with van der Waals surface area (Å²) in [7, 11) is 0. The third kappa shape index (κ3) is 2.99. The zero-order valence-corrected chi connectivity index (χ0v) is 11.5. The standard InChI is InChI=1S/C15H15NOS/c1-10-4-7-15(11(2)8-10)18-13-5-6-14(12(3)17)16-9-13/h4-9H,1-3H3. The Labute approximate surface area is 111 Å². The molecule has 0 aliphatic heterocycles. The summed E-state index contributed by atoms with van der Waals surface area (Å²) >= 11 is 1.67. The Hall–Kier alpha value is -1.61. The largest absolute Gasteiger partial charge is 0.293 e. The van der Waals surface area contributed by atoms with Gasteiger partial charge in [-0.2, -0.15) is 0 Å². The molecule has 0 atom stereocenters. The van der Waals surface area contributed by atoms with Gasteiger partial charge in [-0.1, -0.05) is 29.5 Å². The quantitative estimate of drug-likeness (QED) is 0.777. The molecule has 0 saturated carbocycles. The highest BCUT2D eigenvalue weighted by Crippen LogP contribution is 2.30. The molecule has 0 radical (unpaired) electrons. The van der Waals surface area contributed by atoms with Crippen LogP contribution < -0.4 is 0 Å². The monoisotopic (exact) mass is 257 g/mol. The summed E-state index contributed by atoms with van der Waals surface area (Å²) in [6.45, 7) is 5.72. The maximum Gasteiger partial charge on any atom is 0.178 e. The van der Waals surface area contributed by atoms with Gasteiger partial charge in [0.05, 0.1) is 0 Å². The molecule has 1 heterocycles. The molecular weight excluding hydrogens is 242 g/mol. The second-order valence-corrected chi connectivity index (χ2v) is 5.42. The van der Waals surface area contributed by atoms with E-state index in [1.54, 1.807) is 24.0 Å². The highest BCUT2D eigenvalue weighted by Gasteiger charge is 2.04.